The fraction of sp³-hybridized carbons (Fsp3) is 0.207. The summed E-state index contributed by atoms with van der Waals surface area (Å²) in [5, 5.41) is 0.565. The molecule has 0 N–H and O–H groups in total. The number of amidine groups is 1. The van der Waals surface area contributed by atoms with Crippen LogP contribution in [0.4, 0.5) is 5.69 Å². The number of amides is 2. The van der Waals surface area contributed by atoms with Crippen molar-refractivity contribution in [2.75, 3.05) is 33.4 Å². The highest BCUT2D eigenvalue weighted by Gasteiger charge is 2.30. The average molecular weight is 514 g/mol. The quantitative estimate of drug-likeness (QED) is 0.435. The number of carbonyl (C=O) groups excluding carboxylic acids is 2. The topological polar surface area (TPSA) is 71.4 Å². The number of morpholine rings is 1. The first-order valence-electron chi connectivity index (χ1n) is 12.1. The van der Waals surface area contributed by atoms with E-state index in [1.54, 1.807) is 24.1 Å². The Balaban J connectivity index is 1.26. The van der Waals surface area contributed by atoms with E-state index in [2.05, 4.69) is 4.99 Å². The molecule has 2 heterocycles. The minimum atomic E-state index is -0.117. The van der Waals surface area contributed by atoms with E-state index in [4.69, 9.17) is 9.47 Å². The van der Waals surface area contributed by atoms with E-state index in [0.29, 0.717) is 54.2 Å². The first-order valence-corrected chi connectivity index (χ1v) is 12.9. The van der Waals surface area contributed by atoms with Crippen molar-refractivity contribution in [3.05, 3.63) is 100 Å². The number of hydrogen-bond acceptors (Lipinski definition) is 6. The molecule has 0 bridgehead atoms. The SMILES string of the molecule is CN1C(=O)/C(=C\c2ccc(OCc3ccccc3)cc2)SC1=Nc1cccc(C(=O)N2CCOCC2)c1. The molecule has 2 aliphatic rings. The van der Waals surface area contributed by atoms with Crippen LogP contribution in [0.5, 0.6) is 5.75 Å². The van der Waals surface area contributed by atoms with Gasteiger partial charge in [-0.05, 0) is 59.3 Å². The van der Waals surface area contributed by atoms with E-state index in [1.165, 1.54) is 16.7 Å². The minimum absolute atomic E-state index is 0.0364. The van der Waals surface area contributed by atoms with Crippen LogP contribution in [0.3, 0.4) is 0 Å². The van der Waals surface area contributed by atoms with Gasteiger partial charge in [0.05, 0.1) is 23.8 Å². The number of ether oxygens (including phenoxy) is 2. The number of rotatable bonds is 6. The summed E-state index contributed by atoms with van der Waals surface area (Å²) in [4.78, 5) is 34.3. The van der Waals surface area contributed by atoms with Crippen LogP contribution in [-0.2, 0) is 16.1 Å². The van der Waals surface area contributed by atoms with Crippen LogP contribution >= 0.6 is 11.8 Å². The second-order valence-corrected chi connectivity index (χ2v) is 9.68. The van der Waals surface area contributed by atoms with Gasteiger partial charge in [-0.1, -0.05) is 48.5 Å². The van der Waals surface area contributed by atoms with Gasteiger partial charge in [0.1, 0.15) is 12.4 Å². The summed E-state index contributed by atoms with van der Waals surface area (Å²) in [6.45, 7) is 2.77. The average Bonchev–Trinajstić information content (AvgIpc) is 3.21. The third kappa shape index (κ3) is 6.10. The molecule has 188 valence electrons. The number of aliphatic imine (C=N–C) groups is 1. The first-order chi connectivity index (χ1) is 18.1. The van der Waals surface area contributed by atoms with Crippen molar-refractivity contribution in [3.8, 4) is 5.75 Å². The molecular formula is C29H27N3O4S. The van der Waals surface area contributed by atoms with Gasteiger partial charge in [-0.2, -0.15) is 0 Å². The van der Waals surface area contributed by atoms with Gasteiger partial charge < -0.3 is 14.4 Å². The number of thioether (sulfide) groups is 1. The smallest absolute Gasteiger partial charge is 0.266 e. The van der Waals surface area contributed by atoms with Gasteiger partial charge in [-0.25, -0.2) is 4.99 Å². The second kappa shape index (κ2) is 11.5. The Morgan fingerprint density at radius 2 is 1.78 bits per heavy atom. The molecule has 0 aromatic heterocycles. The molecule has 0 saturated carbocycles. The van der Waals surface area contributed by atoms with E-state index in [9.17, 15) is 9.59 Å². The molecule has 2 amide bonds. The summed E-state index contributed by atoms with van der Waals surface area (Å²) in [5.41, 5.74) is 3.21. The van der Waals surface area contributed by atoms with Crippen molar-refractivity contribution in [3.63, 3.8) is 0 Å². The van der Waals surface area contributed by atoms with Crippen LogP contribution in [0.1, 0.15) is 21.5 Å². The molecule has 0 atom stereocenters. The van der Waals surface area contributed by atoms with Crippen LogP contribution < -0.4 is 4.74 Å². The van der Waals surface area contributed by atoms with E-state index in [1.807, 2.05) is 72.8 Å². The zero-order valence-electron chi connectivity index (χ0n) is 20.5. The Kier molecular flexibility index (Phi) is 7.67. The highest BCUT2D eigenvalue weighted by atomic mass is 32.2. The first kappa shape index (κ1) is 24.8. The maximum atomic E-state index is 12.9. The lowest BCUT2D eigenvalue weighted by Gasteiger charge is -2.26. The Bertz CT molecular complexity index is 1330. The van der Waals surface area contributed by atoms with E-state index >= 15 is 0 Å². The molecule has 0 spiro atoms. The molecule has 0 unspecified atom stereocenters. The summed E-state index contributed by atoms with van der Waals surface area (Å²) in [6.07, 6.45) is 1.85. The number of carbonyl (C=O) groups is 2. The van der Waals surface area contributed by atoms with E-state index < -0.39 is 0 Å². The molecule has 37 heavy (non-hydrogen) atoms. The standard InChI is InChI=1S/C29H27N3O4S/c1-31-28(34)26(18-21-10-12-25(13-11-21)36-20-22-6-3-2-4-7-22)37-29(31)30-24-9-5-8-23(19-24)27(33)32-14-16-35-17-15-32/h2-13,18-19H,14-17,20H2,1H3/b26-18+,30-29?. The highest BCUT2D eigenvalue weighted by molar-refractivity contribution is 8.18. The van der Waals surface area contributed by atoms with Crippen molar-refractivity contribution in [1.82, 2.24) is 9.80 Å². The molecule has 2 aliphatic heterocycles. The van der Waals surface area contributed by atoms with Crippen molar-refractivity contribution >= 4 is 40.5 Å². The molecule has 3 aromatic rings. The maximum absolute atomic E-state index is 12.9. The number of nitrogens with zero attached hydrogens (tertiary/aromatic N) is 3. The predicted octanol–water partition coefficient (Wildman–Crippen LogP) is 4.97. The lowest BCUT2D eigenvalue weighted by molar-refractivity contribution is -0.121. The van der Waals surface area contributed by atoms with Crippen molar-refractivity contribution in [2.24, 2.45) is 4.99 Å². The summed E-state index contributed by atoms with van der Waals surface area (Å²) in [5.74, 6) is 0.613. The van der Waals surface area contributed by atoms with Gasteiger partial charge >= 0.3 is 0 Å². The van der Waals surface area contributed by atoms with Crippen molar-refractivity contribution in [1.29, 1.82) is 0 Å². The summed E-state index contributed by atoms with van der Waals surface area (Å²) >= 11 is 1.31. The van der Waals surface area contributed by atoms with Gasteiger partial charge in [0, 0.05) is 25.7 Å². The van der Waals surface area contributed by atoms with Gasteiger partial charge in [0.25, 0.3) is 11.8 Å². The van der Waals surface area contributed by atoms with Gasteiger partial charge in [0.15, 0.2) is 5.17 Å². The third-order valence-electron chi connectivity index (χ3n) is 6.05. The fourth-order valence-corrected chi connectivity index (χ4v) is 4.96. The number of likely N-dealkylation sites (N-methyl/N-ethyl adjacent to an activating group) is 1. The molecule has 3 aromatic carbocycles. The zero-order chi connectivity index (χ0) is 25.6. The van der Waals surface area contributed by atoms with Gasteiger partial charge in [0.2, 0.25) is 0 Å². The van der Waals surface area contributed by atoms with Crippen LogP contribution in [0, 0.1) is 0 Å². The fourth-order valence-electron chi connectivity index (χ4n) is 3.97. The molecule has 5 rings (SSSR count). The second-order valence-electron chi connectivity index (χ2n) is 8.67. The Hall–Kier alpha value is -3.88. The van der Waals surface area contributed by atoms with Crippen LogP contribution in [0.15, 0.2) is 88.8 Å². The predicted molar refractivity (Wildman–Crippen MR) is 146 cm³/mol. The molecular weight excluding hydrogens is 486 g/mol. The lowest BCUT2D eigenvalue weighted by Crippen LogP contribution is -2.40. The molecule has 2 saturated heterocycles. The Morgan fingerprint density at radius 3 is 2.54 bits per heavy atom. The van der Waals surface area contributed by atoms with Crippen molar-refractivity contribution < 1.29 is 19.1 Å². The molecule has 8 heteroatoms. The monoisotopic (exact) mass is 513 g/mol. The van der Waals surface area contributed by atoms with Gasteiger partial charge in [-0.15, -0.1) is 0 Å². The Morgan fingerprint density at radius 1 is 1.03 bits per heavy atom. The molecule has 0 radical (unpaired) electrons. The van der Waals surface area contributed by atoms with E-state index in [0.717, 1.165) is 16.9 Å². The molecule has 7 nitrogen and oxygen atoms in total. The van der Waals surface area contributed by atoms with Crippen LogP contribution in [0.2, 0.25) is 0 Å². The lowest BCUT2D eigenvalue weighted by atomic mass is 10.1. The summed E-state index contributed by atoms with van der Waals surface area (Å²) in [7, 11) is 1.71. The molecule has 2 fully saturated rings. The van der Waals surface area contributed by atoms with Gasteiger partial charge in [-0.3, -0.25) is 14.5 Å². The third-order valence-corrected chi connectivity index (χ3v) is 7.11. The largest absolute Gasteiger partial charge is 0.489 e. The normalized spacial score (nSPS) is 18.0. The number of benzene rings is 3. The van der Waals surface area contributed by atoms with Crippen LogP contribution in [0.25, 0.3) is 6.08 Å². The molecule has 0 aliphatic carbocycles. The number of hydrogen-bond donors (Lipinski definition) is 0. The van der Waals surface area contributed by atoms with E-state index in [-0.39, 0.29) is 11.8 Å². The summed E-state index contributed by atoms with van der Waals surface area (Å²) < 4.78 is 11.2. The van der Waals surface area contributed by atoms with Crippen LogP contribution in [-0.4, -0.2) is 60.1 Å². The minimum Gasteiger partial charge on any atom is -0.489 e. The highest BCUT2D eigenvalue weighted by Crippen LogP contribution is 2.33. The Labute approximate surface area is 220 Å². The van der Waals surface area contributed by atoms with Crippen molar-refractivity contribution in [2.45, 2.75) is 6.61 Å². The summed E-state index contributed by atoms with van der Waals surface area (Å²) in [6, 6.07) is 24.8. The zero-order valence-corrected chi connectivity index (χ0v) is 21.3. The maximum Gasteiger partial charge on any atom is 0.266 e.